The molecule has 0 spiro atoms. The highest BCUT2D eigenvalue weighted by Gasteiger charge is 2.09. The summed E-state index contributed by atoms with van der Waals surface area (Å²) in [6, 6.07) is 11.3. The van der Waals surface area contributed by atoms with Gasteiger partial charge in [0, 0.05) is 11.3 Å². The summed E-state index contributed by atoms with van der Waals surface area (Å²) in [6.07, 6.45) is 0. The molecular formula is C13H11NO3. The highest BCUT2D eigenvalue weighted by molar-refractivity contribution is 5.89. The second kappa shape index (κ2) is 4.17. The van der Waals surface area contributed by atoms with E-state index in [4.69, 9.17) is 10.8 Å². The van der Waals surface area contributed by atoms with Crippen molar-refractivity contribution in [3.05, 3.63) is 48.0 Å². The molecule has 0 fully saturated rings. The van der Waals surface area contributed by atoms with Gasteiger partial charge < -0.3 is 15.9 Å². The number of carboxylic acid groups (broad SMARTS) is 1. The number of rotatable bonds is 2. The average molecular weight is 229 g/mol. The number of carboxylic acids is 1. The Kier molecular flexibility index (Phi) is 2.70. The summed E-state index contributed by atoms with van der Waals surface area (Å²) >= 11 is 0. The van der Waals surface area contributed by atoms with Gasteiger partial charge in [-0.15, -0.1) is 0 Å². The molecule has 0 aliphatic carbocycles. The minimum Gasteiger partial charge on any atom is -0.507 e. The van der Waals surface area contributed by atoms with Crippen molar-refractivity contribution in [2.24, 2.45) is 0 Å². The first kappa shape index (κ1) is 11.0. The molecule has 86 valence electrons. The van der Waals surface area contributed by atoms with Gasteiger partial charge in [0.2, 0.25) is 0 Å². The molecule has 4 nitrogen and oxygen atoms in total. The molecule has 0 saturated carbocycles. The minimum atomic E-state index is -1.07. The Bertz CT molecular complexity index is 579. The number of phenolic OH excluding ortho intramolecular Hbond substituents is 1. The quantitative estimate of drug-likeness (QED) is 0.690. The van der Waals surface area contributed by atoms with Crippen LogP contribution < -0.4 is 5.73 Å². The van der Waals surface area contributed by atoms with Gasteiger partial charge in [-0.05, 0) is 35.9 Å². The maximum absolute atomic E-state index is 10.7. The summed E-state index contributed by atoms with van der Waals surface area (Å²) in [5, 5.41) is 18.6. The van der Waals surface area contributed by atoms with Crippen LogP contribution in [0.3, 0.4) is 0 Å². The van der Waals surface area contributed by atoms with Gasteiger partial charge in [0.25, 0.3) is 0 Å². The van der Waals surface area contributed by atoms with E-state index in [9.17, 15) is 9.90 Å². The molecule has 0 aliphatic heterocycles. The fourth-order valence-electron chi connectivity index (χ4n) is 1.61. The van der Waals surface area contributed by atoms with E-state index >= 15 is 0 Å². The van der Waals surface area contributed by atoms with Crippen molar-refractivity contribution < 1.29 is 15.0 Å². The van der Waals surface area contributed by atoms with Crippen molar-refractivity contribution in [1.82, 2.24) is 0 Å². The number of hydrogen-bond donors (Lipinski definition) is 3. The van der Waals surface area contributed by atoms with E-state index in [0.717, 1.165) is 5.56 Å². The van der Waals surface area contributed by atoms with Crippen molar-refractivity contribution in [3.63, 3.8) is 0 Å². The van der Waals surface area contributed by atoms with Crippen LogP contribution in [0.15, 0.2) is 42.5 Å². The Morgan fingerprint density at radius 3 is 2.47 bits per heavy atom. The van der Waals surface area contributed by atoms with Gasteiger partial charge in [0.15, 0.2) is 0 Å². The number of carbonyl (C=O) groups is 1. The second-order valence-corrected chi connectivity index (χ2v) is 3.66. The lowest BCUT2D eigenvalue weighted by Gasteiger charge is -2.06. The monoisotopic (exact) mass is 229 g/mol. The summed E-state index contributed by atoms with van der Waals surface area (Å²) in [5.74, 6) is -1.14. The topological polar surface area (TPSA) is 83.6 Å². The lowest BCUT2D eigenvalue weighted by atomic mass is 10.0. The standard InChI is InChI=1S/C13H11NO3/c14-10-3-1-2-8(6-10)11-5-4-9(13(16)17)7-12(11)15/h1-7,15H,14H2,(H,16,17). The number of hydrogen-bond acceptors (Lipinski definition) is 3. The molecule has 0 aromatic heterocycles. The van der Waals surface area contributed by atoms with Crippen molar-refractivity contribution in [3.8, 4) is 16.9 Å². The number of aromatic hydroxyl groups is 1. The second-order valence-electron chi connectivity index (χ2n) is 3.66. The highest BCUT2D eigenvalue weighted by atomic mass is 16.4. The summed E-state index contributed by atoms with van der Waals surface area (Å²) in [4.78, 5) is 10.7. The molecule has 0 saturated heterocycles. The third-order valence-electron chi connectivity index (χ3n) is 2.44. The Morgan fingerprint density at radius 1 is 1.12 bits per heavy atom. The van der Waals surface area contributed by atoms with Crippen LogP contribution in [0.1, 0.15) is 10.4 Å². The molecule has 2 aromatic rings. The van der Waals surface area contributed by atoms with E-state index in [0.29, 0.717) is 11.3 Å². The molecule has 4 N–H and O–H groups in total. The molecule has 17 heavy (non-hydrogen) atoms. The van der Waals surface area contributed by atoms with Crippen molar-refractivity contribution in [2.75, 3.05) is 5.73 Å². The molecule has 0 heterocycles. The summed E-state index contributed by atoms with van der Waals surface area (Å²) in [5.41, 5.74) is 7.59. The average Bonchev–Trinajstić information content (AvgIpc) is 2.28. The predicted molar refractivity (Wildman–Crippen MR) is 64.9 cm³/mol. The van der Waals surface area contributed by atoms with Crippen LogP contribution in [-0.2, 0) is 0 Å². The zero-order valence-electron chi connectivity index (χ0n) is 8.92. The van der Waals surface area contributed by atoms with E-state index in [2.05, 4.69) is 0 Å². The third kappa shape index (κ3) is 2.20. The van der Waals surface area contributed by atoms with Crippen LogP contribution in [0.5, 0.6) is 5.75 Å². The highest BCUT2D eigenvalue weighted by Crippen LogP contribution is 2.30. The minimum absolute atomic E-state index is 0.0511. The molecule has 0 atom stereocenters. The van der Waals surface area contributed by atoms with E-state index in [1.165, 1.54) is 12.1 Å². The van der Waals surface area contributed by atoms with E-state index in [-0.39, 0.29) is 11.3 Å². The maximum atomic E-state index is 10.7. The van der Waals surface area contributed by atoms with E-state index < -0.39 is 5.97 Å². The van der Waals surface area contributed by atoms with Gasteiger partial charge >= 0.3 is 5.97 Å². The Balaban J connectivity index is 2.50. The first-order valence-electron chi connectivity index (χ1n) is 5.00. The fraction of sp³-hybridized carbons (Fsp3) is 0. The number of aromatic carboxylic acids is 1. The summed E-state index contributed by atoms with van der Waals surface area (Å²) in [7, 11) is 0. The number of nitrogens with two attached hydrogens (primary N) is 1. The van der Waals surface area contributed by atoms with Crippen LogP contribution in [0.4, 0.5) is 5.69 Å². The number of benzene rings is 2. The Hall–Kier alpha value is -2.49. The molecule has 0 unspecified atom stereocenters. The molecule has 0 bridgehead atoms. The lowest BCUT2D eigenvalue weighted by Crippen LogP contribution is -1.95. The van der Waals surface area contributed by atoms with Crippen LogP contribution in [-0.4, -0.2) is 16.2 Å². The molecular weight excluding hydrogens is 218 g/mol. The first-order valence-corrected chi connectivity index (χ1v) is 5.00. The molecule has 2 rings (SSSR count). The van der Waals surface area contributed by atoms with Gasteiger partial charge in [-0.2, -0.15) is 0 Å². The molecule has 4 heteroatoms. The number of anilines is 1. The van der Waals surface area contributed by atoms with Crippen molar-refractivity contribution >= 4 is 11.7 Å². The van der Waals surface area contributed by atoms with Crippen molar-refractivity contribution in [1.29, 1.82) is 0 Å². The van der Waals surface area contributed by atoms with Gasteiger partial charge in [0.05, 0.1) is 5.56 Å². The summed E-state index contributed by atoms with van der Waals surface area (Å²) < 4.78 is 0. The SMILES string of the molecule is Nc1cccc(-c2ccc(C(=O)O)cc2O)c1. The number of nitrogen functional groups attached to an aromatic ring is 1. The van der Waals surface area contributed by atoms with Crippen LogP contribution in [0.25, 0.3) is 11.1 Å². The normalized spacial score (nSPS) is 10.1. The van der Waals surface area contributed by atoms with Gasteiger partial charge in [-0.25, -0.2) is 4.79 Å². The van der Waals surface area contributed by atoms with Crippen LogP contribution in [0, 0.1) is 0 Å². The fourth-order valence-corrected chi connectivity index (χ4v) is 1.61. The zero-order valence-corrected chi connectivity index (χ0v) is 8.92. The lowest BCUT2D eigenvalue weighted by molar-refractivity contribution is 0.0696. The zero-order chi connectivity index (χ0) is 12.4. The summed E-state index contributed by atoms with van der Waals surface area (Å²) in [6.45, 7) is 0. The maximum Gasteiger partial charge on any atom is 0.335 e. The van der Waals surface area contributed by atoms with E-state index in [1.807, 2.05) is 0 Å². The largest absolute Gasteiger partial charge is 0.507 e. The molecule has 0 radical (unpaired) electrons. The van der Waals surface area contributed by atoms with Crippen LogP contribution in [0.2, 0.25) is 0 Å². The van der Waals surface area contributed by atoms with Gasteiger partial charge in [0.1, 0.15) is 5.75 Å². The smallest absolute Gasteiger partial charge is 0.335 e. The number of phenols is 1. The Morgan fingerprint density at radius 2 is 1.88 bits per heavy atom. The predicted octanol–water partition coefficient (Wildman–Crippen LogP) is 2.34. The third-order valence-corrected chi connectivity index (χ3v) is 2.44. The molecule has 0 aliphatic rings. The molecule has 2 aromatic carbocycles. The first-order chi connectivity index (χ1) is 8.08. The van der Waals surface area contributed by atoms with E-state index in [1.54, 1.807) is 30.3 Å². The molecule has 0 amide bonds. The van der Waals surface area contributed by atoms with Crippen LogP contribution >= 0.6 is 0 Å². The Labute approximate surface area is 97.9 Å². The van der Waals surface area contributed by atoms with Gasteiger partial charge in [-0.1, -0.05) is 12.1 Å². The van der Waals surface area contributed by atoms with Gasteiger partial charge in [-0.3, -0.25) is 0 Å². The van der Waals surface area contributed by atoms with Crippen molar-refractivity contribution in [2.45, 2.75) is 0 Å².